The molecule has 0 radical (unpaired) electrons. The summed E-state index contributed by atoms with van der Waals surface area (Å²) in [4.78, 5) is 11.3. The first-order valence-electron chi connectivity index (χ1n) is 4.72. The Bertz CT molecular complexity index is 405. The molecule has 1 aromatic rings. The largest absolute Gasteiger partial charge is 0.493 e. The second-order valence-electron chi connectivity index (χ2n) is 3.17. The van der Waals surface area contributed by atoms with Crippen molar-refractivity contribution in [3.8, 4) is 5.75 Å². The van der Waals surface area contributed by atoms with Crippen LogP contribution in [0.25, 0.3) is 0 Å². The van der Waals surface area contributed by atoms with Crippen LogP contribution in [0.3, 0.4) is 0 Å². The van der Waals surface area contributed by atoms with Crippen molar-refractivity contribution >= 4 is 17.4 Å². The van der Waals surface area contributed by atoms with Gasteiger partial charge in [-0.3, -0.25) is 4.79 Å². The molecule has 0 saturated heterocycles. The van der Waals surface area contributed by atoms with Crippen molar-refractivity contribution in [3.05, 3.63) is 28.3 Å². The maximum absolute atomic E-state index is 12.5. The van der Waals surface area contributed by atoms with Gasteiger partial charge >= 0.3 is 0 Å². The summed E-state index contributed by atoms with van der Waals surface area (Å²) in [7, 11) is 0. The first kappa shape index (κ1) is 12.9. The zero-order valence-electron chi connectivity index (χ0n) is 8.89. The van der Waals surface area contributed by atoms with Gasteiger partial charge in [-0.05, 0) is 26.0 Å². The molecular weight excluding hydrogens is 238 g/mol. The van der Waals surface area contributed by atoms with Crippen LogP contribution in [0.4, 0.5) is 8.78 Å². The van der Waals surface area contributed by atoms with Gasteiger partial charge in [-0.25, -0.2) is 8.78 Å². The molecule has 0 fully saturated rings. The maximum atomic E-state index is 12.5. The predicted molar refractivity (Wildman–Crippen MR) is 57.6 cm³/mol. The number of ketones is 1. The molecule has 16 heavy (non-hydrogen) atoms. The average molecular weight is 249 g/mol. The van der Waals surface area contributed by atoms with E-state index < -0.39 is 6.43 Å². The predicted octanol–water partition coefficient (Wildman–Crippen LogP) is 3.88. The molecule has 5 heteroatoms. The highest BCUT2D eigenvalue weighted by Gasteiger charge is 2.18. The van der Waals surface area contributed by atoms with E-state index in [0.717, 1.165) is 12.1 Å². The van der Waals surface area contributed by atoms with Crippen LogP contribution < -0.4 is 4.74 Å². The zero-order chi connectivity index (χ0) is 12.3. The number of Topliss-reactive ketones (excluding diaryl/α,β-unsaturated/α-hetero) is 1. The van der Waals surface area contributed by atoms with Gasteiger partial charge in [0, 0.05) is 5.56 Å². The number of ether oxygens (including phenoxy) is 1. The van der Waals surface area contributed by atoms with Crippen molar-refractivity contribution in [2.45, 2.75) is 20.3 Å². The third-order valence-electron chi connectivity index (χ3n) is 1.98. The highest BCUT2D eigenvalue weighted by molar-refractivity contribution is 6.34. The van der Waals surface area contributed by atoms with Gasteiger partial charge in [0.1, 0.15) is 5.75 Å². The molecule has 0 unspecified atom stereocenters. The molecule has 0 aliphatic carbocycles. The van der Waals surface area contributed by atoms with Crippen LogP contribution in [-0.4, -0.2) is 12.4 Å². The highest BCUT2D eigenvalue weighted by Crippen LogP contribution is 2.33. The lowest BCUT2D eigenvalue weighted by Gasteiger charge is -2.11. The minimum atomic E-state index is -2.64. The Kier molecular flexibility index (Phi) is 4.24. The lowest BCUT2D eigenvalue weighted by Crippen LogP contribution is -2.03. The fourth-order valence-electron chi connectivity index (χ4n) is 1.34. The number of hydrogen-bond acceptors (Lipinski definition) is 2. The Labute approximate surface area is 97.2 Å². The van der Waals surface area contributed by atoms with Crippen LogP contribution in [0.2, 0.25) is 5.02 Å². The van der Waals surface area contributed by atoms with Gasteiger partial charge in [-0.2, -0.15) is 0 Å². The monoisotopic (exact) mass is 248 g/mol. The van der Waals surface area contributed by atoms with E-state index in [-0.39, 0.29) is 34.3 Å². The van der Waals surface area contributed by atoms with E-state index >= 15 is 0 Å². The fraction of sp³-hybridized carbons (Fsp3) is 0.364. The standard InChI is InChI=1S/C11H11ClF2O2/c1-3-16-9-5-7(11(13)14)4-8(12)10(9)6(2)15/h4-5,11H,3H2,1-2H3. The fourth-order valence-corrected chi connectivity index (χ4v) is 1.69. The van der Waals surface area contributed by atoms with Gasteiger partial charge in [0.15, 0.2) is 5.78 Å². The second kappa shape index (κ2) is 5.25. The third-order valence-corrected chi connectivity index (χ3v) is 2.28. The zero-order valence-corrected chi connectivity index (χ0v) is 9.65. The molecule has 88 valence electrons. The minimum Gasteiger partial charge on any atom is -0.493 e. The Morgan fingerprint density at radius 1 is 1.50 bits per heavy atom. The van der Waals surface area contributed by atoms with E-state index in [1.54, 1.807) is 6.92 Å². The second-order valence-corrected chi connectivity index (χ2v) is 3.57. The molecule has 1 aromatic carbocycles. The van der Waals surface area contributed by atoms with E-state index in [0.29, 0.717) is 0 Å². The summed E-state index contributed by atoms with van der Waals surface area (Å²) in [5.74, 6) is -0.202. The molecule has 0 aliphatic heterocycles. The van der Waals surface area contributed by atoms with Crippen molar-refractivity contribution < 1.29 is 18.3 Å². The van der Waals surface area contributed by atoms with Crippen LogP contribution in [0, 0.1) is 0 Å². The quantitative estimate of drug-likeness (QED) is 0.756. The van der Waals surface area contributed by atoms with Gasteiger partial charge in [0.25, 0.3) is 6.43 Å². The van der Waals surface area contributed by atoms with Gasteiger partial charge < -0.3 is 4.74 Å². The molecule has 0 atom stereocenters. The number of carbonyl (C=O) groups excluding carboxylic acids is 1. The van der Waals surface area contributed by atoms with Crippen molar-refractivity contribution in [3.63, 3.8) is 0 Å². The lowest BCUT2D eigenvalue weighted by molar-refractivity contribution is 0.101. The average Bonchev–Trinajstić information content (AvgIpc) is 2.16. The Morgan fingerprint density at radius 2 is 2.12 bits per heavy atom. The molecule has 0 spiro atoms. The number of rotatable bonds is 4. The summed E-state index contributed by atoms with van der Waals surface area (Å²) < 4.78 is 30.1. The number of carbonyl (C=O) groups is 1. The summed E-state index contributed by atoms with van der Waals surface area (Å²) in [6.45, 7) is 3.29. The first-order valence-corrected chi connectivity index (χ1v) is 5.10. The SMILES string of the molecule is CCOc1cc(C(F)F)cc(Cl)c1C(C)=O. The van der Waals surface area contributed by atoms with E-state index in [1.807, 2.05) is 0 Å². The molecule has 0 heterocycles. The summed E-state index contributed by atoms with van der Waals surface area (Å²) in [6, 6.07) is 2.24. The number of halogens is 3. The van der Waals surface area contributed by atoms with Gasteiger partial charge in [-0.15, -0.1) is 0 Å². The summed E-state index contributed by atoms with van der Waals surface area (Å²) >= 11 is 5.78. The number of benzene rings is 1. The Balaban J connectivity index is 3.33. The summed E-state index contributed by atoms with van der Waals surface area (Å²) in [5, 5.41) is -0.00579. The Hall–Kier alpha value is -1.16. The van der Waals surface area contributed by atoms with Crippen LogP contribution in [0.1, 0.15) is 36.2 Å². The molecular formula is C11H11ClF2O2. The van der Waals surface area contributed by atoms with Crippen molar-refractivity contribution in [1.29, 1.82) is 0 Å². The molecule has 0 amide bonds. The van der Waals surface area contributed by atoms with Crippen LogP contribution >= 0.6 is 11.6 Å². The number of hydrogen-bond donors (Lipinski definition) is 0. The van der Waals surface area contributed by atoms with E-state index in [9.17, 15) is 13.6 Å². The molecule has 0 bridgehead atoms. The summed E-state index contributed by atoms with van der Waals surface area (Å²) in [5.41, 5.74) is -0.105. The topological polar surface area (TPSA) is 26.3 Å². The smallest absolute Gasteiger partial charge is 0.264 e. The number of alkyl halides is 2. The third kappa shape index (κ3) is 2.70. The normalized spacial score (nSPS) is 10.6. The lowest BCUT2D eigenvalue weighted by atomic mass is 10.1. The highest BCUT2D eigenvalue weighted by atomic mass is 35.5. The van der Waals surface area contributed by atoms with E-state index in [4.69, 9.17) is 16.3 Å². The Morgan fingerprint density at radius 3 is 2.56 bits per heavy atom. The van der Waals surface area contributed by atoms with Gasteiger partial charge in [0.2, 0.25) is 0 Å². The van der Waals surface area contributed by atoms with Crippen molar-refractivity contribution in [1.82, 2.24) is 0 Å². The first-order chi connectivity index (χ1) is 7.47. The van der Waals surface area contributed by atoms with Crippen LogP contribution in [0.15, 0.2) is 12.1 Å². The van der Waals surface area contributed by atoms with Gasteiger partial charge in [0.05, 0.1) is 17.2 Å². The van der Waals surface area contributed by atoms with Crippen LogP contribution in [0.5, 0.6) is 5.75 Å². The molecule has 0 saturated carbocycles. The maximum Gasteiger partial charge on any atom is 0.264 e. The van der Waals surface area contributed by atoms with E-state index in [1.165, 1.54) is 6.92 Å². The van der Waals surface area contributed by atoms with Gasteiger partial charge in [-0.1, -0.05) is 11.6 Å². The molecule has 1 rings (SSSR count). The minimum absolute atomic E-state index is 0.00579. The van der Waals surface area contributed by atoms with E-state index in [2.05, 4.69) is 0 Å². The molecule has 0 aliphatic rings. The summed E-state index contributed by atoms with van der Waals surface area (Å²) in [6.07, 6.45) is -2.64. The van der Waals surface area contributed by atoms with Crippen molar-refractivity contribution in [2.75, 3.05) is 6.61 Å². The molecule has 0 N–H and O–H groups in total. The van der Waals surface area contributed by atoms with Crippen molar-refractivity contribution in [2.24, 2.45) is 0 Å². The van der Waals surface area contributed by atoms with Crippen LogP contribution in [-0.2, 0) is 0 Å². The molecule has 2 nitrogen and oxygen atoms in total. The molecule has 0 aromatic heterocycles.